The fraction of sp³-hybridized carbons (Fsp3) is 0.562. The van der Waals surface area contributed by atoms with Gasteiger partial charge in [-0.3, -0.25) is 4.79 Å². The topological polar surface area (TPSA) is 32.3 Å². The maximum absolute atomic E-state index is 12.9. The first-order chi connectivity index (χ1) is 9.57. The highest BCUT2D eigenvalue weighted by Gasteiger charge is 2.35. The zero-order chi connectivity index (χ0) is 14.2. The van der Waals surface area contributed by atoms with Crippen molar-refractivity contribution in [3.8, 4) is 0 Å². The Morgan fingerprint density at radius 1 is 1.40 bits per heavy atom. The van der Waals surface area contributed by atoms with Crippen molar-refractivity contribution in [3.05, 3.63) is 29.8 Å². The summed E-state index contributed by atoms with van der Waals surface area (Å²) in [6, 6.07) is 8.22. The molecule has 1 amide bonds. The molecule has 3 nitrogen and oxygen atoms in total. The number of fused-ring (bicyclic) bond motifs is 1. The summed E-state index contributed by atoms with van der Waals surface area (Å²) in [7, 11) is 0. The molecule has 1 atom stereocenters. The van der Waals surface area contributed by atoms with Gasteiger partial charge in [0.1, 0.15) is 0 Å². The number of anilines is 1. The molecule has 1 N–H and O–H groups in total. The van der Waals surface area contributed by atoms with E-state index in [-0.39, 0.29) is 10.7 Å². The SMILES string of the molecule is CC1(C)CN(C(=O)C2CCNc3ccccc32)CCS1. The van der Waals surface area contributed by atoms with E-state index in [0.29, 0.717) is 5.91 Å². The molecule has 0 aliphatic carbocycles. The molecule has 0 spiro atoms. The van der Waals surface area contributed by atoms with Gasteiger partial charge in [0.15, 0.2) is 0 Å². The van der Waals surface area contributed by atoms with Crippen LogP contribution in [0.15, 0.2) is 24.3 Å². The molecule has 2 aliphatic rings. The van der Waals surface area contributed by atoms with Crippen LogP contribution in [-0.4, -0.2) is 40.9 Å². The average Bonchev–Trinajstić information content (AvgIpc) is 2.45. The lowest BCUT2D eigenvalue weighted by molar-refractivity contribution is -0.133. The van der Waals surface area contributed by atoms with Gasteiger partial charge in [0.2, 0.25) is 5.91 Å². The molecule has 1 saturated heterocycles. The van der Waals surface area contributed by atoms with Crippen LogP contribution < -0.4 is 5.32 Å². The van der Waals surface area contributed by atoms with Gasteiger partial charge in [-0.25, -0.2) is 0 Å². The number of hydrogen-bond acceptors (Lipinski definition) is 3. The molecule has 1 aromatic carbocycles. The zero-order valence-electron chi connectivity index (χ0n) is 12.2. The van der Waals surface area contributed by atoms with Crippen molar-refractivity contribution in [2.45, 2.75) is 30.9 Å². The number of thioether (sulfide) groups is 1. The maximum Gasteiger partial charge on any atom is 0.230 e. The molecule has 1 fully saturated rings. The number of amides is 1. The summed E-state index contributed by atoms with van der Waals surface area (Å²) in [6.07, 6.45) is 0.903. The number of hydrogen-bond donors (Lipinski definition) is 1. The second kappa shape index (κ2) is 5.32. The largest absolute Gasteiger partial charge is 0.385 e. The molecule has 3 rings (SSSR count). The van der Waals surface area contributed by atoms with Crippen molar-refractivity contribution in [2.75, 3.05) is 30.7 Å². The standard InChI is InChI=1S/C16H22N2OS/c1-16(2)11-18(9-10-20-16)15(19)13-7-8-17-14-6-4-3-5-12(13)14/h3-6,13,17H,7-11H2,1-2H3. The third kappa shape index (κ3) is 2.66. The van der Waals surface area contributed by atoms with E-state index < -0.39 is 0 Å². The van der Waals surface area contributed by atoms with Gasteiger partial charge in [-0.2, -0.15) is 11.8 Å². The summed E-state index contributed by atoms with van der Waals surface area (Å²) < 4.78 is 0.181. The normalized spacial score (nSPS) is 24.7. The van der Waals surface area contributed by atoms with Crippen molar-refractivity contribution in [2.24, 2.45) is 0 Å². The fourth-order valence-electron chi connectivity index (χ4n) is 3.15. The molecule has 0 radical (unpaired) electrons. The zero-order valence-corrected chi connectivity index (χ0v) is 13.0. The molecular weight excluding hydrogens is 268 g/mol. The van der Waals surface area contributed by atoms with E-state index in [9.17, 15) is 4.79 Å². The van der Waals surface area contributed by atoms with Crippen LogP contribution in [0.3, 0.4) is 0 Å². The van der Waals surface area contributed by atoms with Gasteiger partial charge in [-0.15, -0.1) is 0 Å². The maximum atomic E-state index is 12.9. The molecule has 2 aliphatic heterocycles. The summed E-state index contributed by atoms with van der Waals surface area (Å²) in [6.45, 7) is 7.10. The molecule has 2 heterocycles. The minimum absolute atomic E-state index is 0.0337. The predicted octanol–water partition coefficient (Wildman–Crippen LogP) is 2.94. The average molecular weight is 290 g/mol. The lowest BCUT2D eigenvalue weighted by Crippen LogP contribution is -2.48. The van der Waals surface area contributed by atoms with E-state index in [4.69, 9.17) is 0 Å². The summed E-state index contributed by atoms with van der Waals surface area (Å²) in [5, 5.41) is 3.39. The molecule has 0 aromatic heterocycles. The number of carbonyl (C=O) groups is 1. The Balaban J connectivity index is 1.81. The van der Waals surface area contributed by atoms with E-state index >= 15 is 0 Å². The van der Waals surface area contributed by atoms with Crippen molar-refractivity contribution < 1.29 is 4.79 Å². The molecule has 1 unspecified atom stereocenters. The Labute approximate surface area is 125 Å². The molecule has 20 heavy (non-hydrogen) atoms. The minimum atomic E-state index is 0.0337. The van der Waals surface area contributed by atoms with Crippen LogP contribution >= 0.6 is 11.8 Å². The number of carbonyl (C=O) groups excluding carboxylic acids is 1. The van der Waals surface area contributed by atoms with E-state index in [0.717, 1.165) is 37.5 Å². The third-order valence-corrected chi connectivity index (χ3v) is 5.42. The summed E-state index contributed by atoms with van der Waals surface area (Å²) in [5.41, 5.74) is 2.29. The molecule has 0 bridgehead atoms. The first-order valence-corrected chi connectivity index (χ1v) is 8.31. The van der Waals surface area contributed by atoms with Crippen molar-refractivity contribution in [1.29, 1.82) is 0 Å². The minimum Gasteiger partial charge on any atom is -0.385 e. The van der Waals surface area contributed by atoms with Crippen LogP contribution in [0.25, 0.3) is 0 Å². The lowest BCUT2D eigenvalue weighted by Gasteiger charge is -2.40. The number of benzene rings is 1. The second-order valence-corrected chi connectivity index (χ2v) is 8.03. The molecule has 4 heteroatoms. The third-order valence-electron chi connectivity index (χ3n) is 4.12. The highest BCUT2D eigenvalue weighted by molar-refractivity contribution is 8.00. The van der Waals surface area contributed by atoms with Gasteiger partial charge >= 0.3 is 0 Å². The first kappa shape index (κ1) is 13.8. The Bertz CT molecular complexity index is 515. The smallest absolute Gasteiger partial charge is 0.230 e. The van der Waals surface area contributed by atoms with Crippen molar-refractivity contribution >= 4 is 23.4 Å². The fourth-order valence-corrected chi connectivity index (χ4v) is 4.26. The van der Waals surface area contributed by atoms with Crippen LogP contribution in [0.2, 0.25) is 0 Å². The summed E-state index contributed by atoms with van der Waals surface area (Å²) >= 11 is 1.97. The van der Waals surface area contributed by atoms with E-state index in [2.05, 4.69) is 36.2 Å². The number of nitrogens with one attached hydrogen (secondary N) is 1. The van der Waals surface area contributed by atoms with Crippen LogP contribution in [0.4, 0.5) is 5.69 Å². The Morgan fingerprint density at radius 2 is 2.20 bits per heavy atom. The van der Waals surface area contributed by atoms with E-state index in [1.807, 2.05) is 23.9 Å². The van der Waals surface area contributed by atoms with Crippen LogP contribution in [0, 0.1) is 0 Å². The van der Waals surface area contributed by atoms with E-state index in [1.165, 1.54) is 5.56 Å². The van der Waals surface area contributed by atoms with E-state index in [1.54, 1.807) is 0 Å². The number of nitrogens with zero attached hydrogens (tertiary/aromatic N) is 1. The molecule has 108 valence electrons. The summed E-state index contributed by atoms with van der Waals surface area (Å²) in [5.74, 6) is 1.39. The molecule has 1 aromatic rings. The number of para-hydroxylation sites is 1. The lowest BCUT2D eigenvalue weighted by atomic mass is 9.89. The van der Waals surface area contributed by atoms with Gasteiger partial charge in [-0.05, 0) is 31.9 Å². The second-order valence-electron chi connectivity index (χ2n) is 6.22. The Kier molecular flexibility index (Phi) is 3.67. The van der Waals surface area contributed by atoms with Gasteiger partial charge in [0.05, 0.1) is 5.92 Å². The predicted molar refractivity (Wildman–Crippen MR) is 85.4 cm³/mol. The molecule has 0 saturated carbocycles. The Hall–Kier alpha value is -1.16. The van der Waals surface area contributed by atoms with Gasteiger partial charge < -0.3 is 10.2 Å². The van der Waals surface area contributed by atoms with Gasteiger partial charge in [-0.1, -0.05) is 18.2 Å². The highest BCUT2D eigenvalue weighted by atomic mass is 32.2. The molecular formula is C16H22N2OS. The monoisotopic (exact) mass is 290 g/mol. The quantitative estimate of drug-likeness (QED) is 0.863. The number of rotatable bonds is 1. The van der Waals surface area contributed by atoms with Gasteiger partial charge in [0, 0.05) is 35.8 Å². The van der Waals surface area contributed by atoms with Gasteiger partial charge in [0.25, 0.3) is 0 Å². The first-order valence-electron chi connectivity index (χ1n) is 7.32. The summed E-state index contributed by atoms with van der Waals surface area (Å²) in [4.78, 5) is 15.0. The van der Waals surface area contributed by atoms with Crippen LogP contribution in [0.5, 0.6) is 0 Å². The van der Waals surface area contributed by atoms with Crippen molar-refractivity contribution in [1.82, 2.24) is 4.90 Å². The van der Waals surface area contributed by atoms with Crippen LogP contribution in [0.1, 0.15) is 31.7 Å². The highest BCUT2D eigenvalue weighted by Crippen LogP contribution is 2.35. The van der Waals surface area contributed by atoms with Crippen LogP contribution in [-0.2, 0) is 4.79 Å². The van der Waals surface area contributed by atoms with Crippen molar-refractivity contribution in [3.63, 3.8) is 0 Å². The Morgan fingerprint density at radius 3 is 3.00 bits per heavy atom.